The largest absolute Gasteiger partial charge is 0.381 e. The monoisotopic (exact) mass is 277 g/mol. The lowest BCUT2D eigenvalue weighted by molar-refractivity contribution is 0.132. The van der Waals surface area contributed by atoms with Crippen molar-refractivity contribution in [3.8, 4) is 0 Å². The van der Waals surface area contributed by atoms with Crippen molar-refractivity contribution in [1.29, 1.82) is 0 Å². The highest BCUT2D eigenvalue weighted by atomic mass is 32.1. The molecular formula is C16H23NOS. The topological polar surface area (TPSA) is 21.3 Å². The van der Waals surface area contributed by atoms with Gasteiger partial charge in [-0.05, 0) is 43.8 Å². The van der Waals surface area contributed by atoms with E-state index in [4.69, 9.17) is 4.74 Å². The summed E-state index contributed by atoms with van der Waals surface area (Å²) in [4.78, 5) is 1.41. The van der Waals surface area contributed by atoms with Crippen LogP contribution in [-0.4, -0.2) is 19.8 Å². The fourth-order valence-electron chi connectivity index (χ4n) is 2.06. The molecule has 0 bridgehead atoms. The third-order valence-corrected chi connectivity index (χ3v) is 4.43. The van der Waals surface area contributed by atoms with Crippen LogP contribution in [0, 0.1) is 0 Å². The second-order valence-electron chi connectivity index (χ2n) is 4.83. The van der Waals surface area contributed by atoms with E-state index in [2.05, 4.69) is 49.5 Å². The van der Waals surface area contributed by atoms with E-state index in [0.29, 0.717) is 6.04 Å². The van der Waals surface area contributed by atoms with Crippen LogP contribution in [0.25, 0.3) is 10.1 Å². The van der Waals surface area contributed by atoms with Crippen molar-refractivity contribution in [3.05, 3.63) is 35.2 Å². The van der Waals surface area contributed by atoms with E-state index in [1.807, 2.05) is 11.3 Å². The van der Waals surface area contributed by atoms with Gasteiger partial charge in [-0.25, -0.2) is 0 Å². The number of hydrogen-bond donors (Lipinski definition) is 1. The summed E-state index contributed by atoms with van der Waals surface area (Å²) in [6, 6.07) is 11.3. The molecule has 1 heterocycles. The Morgan fingerprint density at radius 3 is 2.89 bits per heavy atom. The molecule has 2 rings (SSSR count). The maximum Gasteiger partial charge on any atom is 0.0478 e. The van der Waals surface area contributed by atoms with Gasteiger partial charge in [0.15, 0.2) is 0 Å². The fourth-order valence-corrected chi connectivity index (χ4v) is 3.15. The number of rotatable bonds is 8. The summed E-state index contributed by atoms with van der Waals surface area (Å²) in [5.74, 6) is 0. The molecule has 0 aliphatic carbocycles. The minimum Gasteiger partial charge on any atom is -0.381 e. The summed E-state index contributed by atoms with van der Waals surface area (Å²) in [6.07, 6.45) is 2.18. The van der Waals surface area contributed by atoms with Crippen LogP contribution in [0.3, 0.4) is 0 Å². The van der Waals surface area contributed by atoms with Gasteiger partial charge in [0.05, 0.1) is 0 Å². The second-order valence-corrected chi connectivity index (χ2v) is 5.94. The summed E-state index contributed by atoms with van der Waals surface area (Å²) in [6.45, 7) is 7.13. The summed E-state index contributed by atoms with van der Waals surface area (Å²) in [5.41, 5.74) is 0. The van der Waals surface area contributed by atoms with Crippen LogP contribution >= 0.6 is 11.3 Å². The normalized spacial score (nSPS) is 12.9. The summed E-state index contributed by atoms with van der Waals surface area (Å²) in [5, 5.41) is 4.92. The van der Waals surface area contributed by atoms with Gasteiger partial charge < -0.3 is 10.1 Å². The minimum absolute atomic E-state index is 0.420. The first-order valence-electron chi connectivity index (χ1n) is 7.11. The molecule has 1 aromatic heterocycles. The lowest BCUT2D eigenvalue weighted by Crippen LogP contribution is -2.20. The molecule has 2 aromatic rings. The molecule has 0 aliphatic heterocycles. The molecule has 0 saturated carbocycles. The molecule has 2 nitrogen and oxygen atoms in total. The maximum absolute atomic E-state index is 5.48. The maximum atomic E-state index is 5.48. The Balaban J connectivity index is 1.78. The van der Waals surface area contributed by atoms with Gasteiger partial charge in [-0.2, -0.15) is 0 Å². The van der Waals surface area contributed by atoms with E-state index in [-0.39, 0.29) is 0 Å². The van der Waals surface area contributed by atoms with E-state index >= 15 is 0 Å². The Morgan fingerprint density at radius 2 is 2.11 bits per heavy atom. The number of fused-ring (bicyclic) bond motifs is 1. The van der Waals surface area contributed by atoms with Crippen LogP contribution in [0.2, 0.25) is 0 Å². The highest BCUT2D eigenvalue weighted by Gasteiger charge is 2.08. The van der Waals surface area contributed by atoms with E-state index < -0.39 is 0 Å². The number of thiophene rings is 1. The lowest BCUT2D eigenvalue weighted by Gasteiger charge is -2.11. The Kier molecular flexibility index (Phi) is 5.83. The fraction of sp³-hybridized carbons (Fsp3) is 0.500. The van der Waals surface area contributed by atoms with E-state index in [1.54, 1.807) is 0 Å². The molecular weight excluding hydrogens is 254 g/mol. The van der Waals surface area contributed by atoms with Gasteiger partial charge in [0, 0.05) is 28.8 Å². The summed E-state index contributed by atoms with van der Waals surface area (Å²) < 4.78 is 6.85. The number of ether oxygens (including phenoxy) is 1. The van der Waals surface area contributed by atoms with Gasteiger partial charge in [-0.1, -0.05) is 25.1 Å². The zero-order valence-electron chi connectivity index (χ0n) is 11.8. The Morgan fingerprint density at radius 1 is 1.26 bits per heavy atom. The lowest BCUT2D eigenvalue weighted by atomic mass is 10.2. The number of nitrogens with one attached hydrogen (secondary N) is 1. The molecule has 0 saturated heterocycles. The van der Waals surface area contributed by atoms with Crippen molar-refractivity contribution in [2.45, 2.75) is 32.7 Å². The average Bonchev–Trinajstić information content (AvgIpc) is 2.86. The van der Waals surface area contributed by atoms with Gasteiger partial charge in [0.25, 0.3) is 0 Å². The molecule has 1 aromatic carbocycles. The van der Waals surface area contributed by atoms with E-state index in [0.717, 1.165) is 32.6 Å². The van der Waals surface area contributed by atoms with Gasteiger partial charge >= 0.3 is 0 Å². The van der Waals surface area contributed by atoms with Gasteiger partial charge in [0.2, 0.25) is 0 Å². The molecule has 1 atom stereocenters. The van der Waals surface area contributed by atoms with Crippen molar-refractivity contribution in [3.63, 3.8) is 0 Å². The van der Waals surface area contributed by atoms with Crippen LogP contribution in [0.15, 0.2) is 30.3 Å². The minimum atomic E-state index is 0.420. The smallest absolute Gasteiger partial charge is 0.0478 e. The first-order chi connectivity index (χ1) is 9.31. The van der Waals surface area contributed by atoms with Crippen LogP contribution in [0.5, 0.6) is 0 Å². The van der Waals surface area contributed by atoms with Gasteiger partial charge in [-0.3, -0.25) is 0 Å². The van der Waals surface area contributed by atoms with Crippen LogP contribution in [-0.2, 0) is 4.74 Å². The highest BCUT2D eigenvalue weighted by Crippen LogP contribution is 2.29. The number of benzene rings is 1. The molecule has 0 aliphatic rings. The standard InChI is InChI=1S/C16H23NOS/c1-3-10-18-11-6-9-17-13(2)16-12-14-7-4-5-8-15(14)19-16/h4-5,7-8,12-13,17H,3,6,9-11H2,1-2H3. The average molecular weight is 277 g/mol. The van der Waals surface area contributed by atoms with Crippen LogP contribution < -0.4 is 5.32 Å². The predicted molar refractivity (Wildman–Crippen MR) is 84.0 cm³/mol. The molecule has 3 heteroatoms. The zero-order valence-corrected chi connectivity index (χ0v) is 12.6. The van der Waals surface area contributed by atoms with E-state index in [1.165, 1.54) is 15.0 Å². The van der Waals surface area contributed by atoms with Gasteiger partial charge in [-0.15, -0.1) is 11.3 Å². The third-order valence-electron chi connectivity index (χ3n) is 3.14. The van der Waals surface area contributed by atoms with Crippen molar-refractivity contribution in [2.75, 3.05) is 19.8 Å². The molecule has 1 N–H and O–H groups in total. The Bertz CT molecular complexity index is 461. The highest BCUT2D eigenvalue weighted by molar-refractivity contribution is 7.19. The second kappa shape index (κ2) is 7.63. The SMILES string of the molecule is CCCOCCCNC(C)c1cc2ccccc2s1. The number of hydrogen-bond acceptors (Lipinski definition) is 3. The zero-order chi connectivity index (χ0) is 13.5. The quantitative estimate of drug-likeness (QED) is 0.723. The van der Waals surface area contributed by atoms with Crippen molar-refractivity contribution in [1.82, 2.24) is 5.32 Å². The van der Waals surface area contributed by atoms with Crippen LogP contribution in [0.4, 0.5) is 0 Å². The summed E-state index contributed by atoms with van der Waals surface area (Å²) in [7, 11) is 0. The molecule has 19 heavy (non-hydrogen) atoms. The molecule has 0 fully saturated rings. The van der Waals surface area contributed by atoms with Crippen molar-refractivity contribution in [2.24, 2.45) is 0 Å². The molecule has 0 amide bonds. The predicted octanol–water partition coefficient (Wildman–Crippen LogP) is 4.37. The Labute approximate surface area is 119 Å². The van der Waals surface area contributed by atoms with E-state index in [9.17, 15) is 0 Å². The van der Waals surface area contributed by atoms with Crippen LogP contribution in [0.1, 0.15) is 37.6 Å². The first kappa shape index (κ1) is 14.5. The molecule has 0 spiro atoms. The molecule has 104 valence electrons. The third kappa shape index (κ3) is 4.30. The van der Waals surface area contributed by atoms with Crippen molar-refractivity contribution >= 4 is 21.4 Å². The van der Waals surface area contributed by atoms with Crippen molar-refractivity contribution < 1.29 is 4.74 Å². The molecule has 1 unspecified atom stereocenters. The molecule has 0 radical (unpaired) electrons. The first-order valence-corrected chi connectivity index (χ1v) is 7.92. The summed E-state index contributed by atoms with van der Waals surface area (Å²) >= 11 is 1.88. The Hall–Kier alpha value is -0.900. The van der Waals surface area contributed by atoms with Gasteiger partial charge in [0.1, 0.15) is 0 Å².